The van der Waals surface area contributed by atoms with Crippen molar-refractivity contribution in [2.45, 2.75) is 19.4 Å². The number of aromatic nitrogens is 2. The monoisotopic (exact) mass is 399 g/mol. The van der Waals surface area contributed by atoms with Crippen LogP contribution in [0.1, 0.15) is 18.4 Å². The van der Waals surface area contributed by atoms with Crippen LogP contribution in [0.25, 0.3) is 11.3 Å². The maximum atomic E-state index is 5.00. The van der Waals surface area contributed by atoms with Gasteiger partial charge < -0.3 is 9.80 Å². The van der Waals surface area contributed by atoms with Crippen LogP contribution in [0.2, 0.25) is 0 Å². The van der Waals surface area contributed by atoms with Gasteiger partial charge in [0, 0.05) is 57.4 Å². The lowest BCUT2D eigenvalue weighted by molar-refractivity contribution is 0.248. The second kappa shape index (κ2) is 8.84. The van der Waals surface area contributed by atoms with Gasteiger partial charge in [-0.25, -0.2) is 4.98 Å². The van der Waals surface area contributed by atoms with Gasteiger partial charge in [0.1, 0.15) is 5.82 Å². The molecule has 5 nitrogen and oxygen atoms in total. The van der Waals surface area contributed by atoms with Crippen LogP contribution < -0.4 is 9.80 Å². The van der Waals surface area contributed by atoms with Gasteiger partial charge in [-0.15, -0.1) is 0 Å². The van der Waals surface area contributed by atoms with Crippen LogP contribution in [-0.4, -0.2) is 54.1 Å². The molecule has 3 aromatic rings. The van der Waals surface area contributed by atoms with Crippen molar-refractivity contribution < 1.29 is 0 Å². The lowest BCUT2D eigenvalue weighted by Gasteiger charge is -2.35. The SMILES string of the molecule is c1ccc(CN2CCN(c3nc(-c4ccccc4)cc(N4CCCC4)n3)CC2)cc1. The van der Waals surface area contributed by atoms with Gasteiger partial charge in [0.2, 0.25) is 5.95 Å². The summed E-state index contributed by atoms with van der Waals surface area (Å²) in [5.74, 6) is 1.95. The van der Waals surface area contributed by atoms with Crippen LogP contribution in [-0.2, 0) is 6.54 Å². The molecule has 0 unspecified atom stereocenters. The highest BCUT2D eigenvalue weighted by atomic mass is 15.3. The molecule has 5 rings (SSSR count). The van der Waals surface area contributed by atoms with Crippen LogP contribution in [0.5, 0.6) is 0 Å². The van der Waals surface area contributed by atoms with Crippen molar-refractivity contribution in [2.24, 2.45) is 0 Å². The lowest BCUT2D eigenvalue weighted by Crippen LogP contribution is -2.46. The van der Waals surface area contributed by atoms with Crippen molar-refractivity contribution in [3.8, 4) is 11.3 Å². The van der Waals surface area contributed by atoms with Gasteiger partial charge in [0.05, 0.1) is 5.69 Å². The number of nitrogens with zero attached hydrogens (tertiary/aromatic N) is 5. The average Bonchev–Trinajstić information content (AvgIpc) is 3.36. The summed E-state index contributed by atoms with van der Waals surface area (Å²) in [6, 6.07) is 23.4. The fourth-order valence-corrected chi connectivity index (χ4v) is 4.38. The molecule has 0 radical (unpaired) electrons. The third kappa shape index (κ3) is 4.31. The molecule has 2 saturated heterocycles. The molecule has 30 heavy (non-hydrogen) atoms. The van der Waals surface area contributed by atoms with Crippen molar-refractivity contribution in [2.75, 3.05) is 49.1 Å². The van der Waals surface area contributed by atoms with E-state index in [1.807, 2.05) is 0 Å². The van der Waals surface area contributed by atoms with E-state index in [0.29, 0.717) is 0 Å². The normalized spacial score (nSPS) is 17.5. The summed E-state index contributed by atoms with van der Waals surface area (Å²) in [7, 11) is 0. The van der Waals surface area contributed by atoms with E-state index in [2.05, 4.69) is 81.4 Å². The topological polar surface area (TPSA) is 35.5 Å². The first kappa shape index (κ1) is 19.1. The van der Waals surface area contributed by atoms with Crippen LogP contribution in [0.15, 0.2) is 66.7 Å². The molecule has 0 saturated carbocycles. The van der Waals surface area contributed by atoms with E-state index in [1.54, 1.807) is 0 Å². The van der Waals surface area contributed by atoms with Gasteiger partial charge in [-0.3, -0.25) is 4.90 Å². The highest BCUT2D eigenvalue weighted by Crippen LogP contribution is 2.27. The van der Waals surface area contributed by atoms with Crippen molar-refractivity contribution >= 4 is 11.8 Å². The molecular formula is C25H29N5. The first-order chi connectivity index (χ1) is 14.8. The molecule has 0 aliphatic carbocycles. The smallest absolute Gasteiger partial charge is 0.227 e. The molecule has 2 fully saturated rings. The zero-order valence-electron chi connectivity index (χ0n) is 17.5. The van der Waals surface area contributed by atoms with Gasteiger partial charge in [-0.2, -0.15) is 4.98 Å². The van der Waals surface area contributed by atoms with Crippen molar-refractivity contribution in [1.82, 2.24) is 14.9 Å². The van der Waals surface area contributed by atoms with E-state index >= 15 is 0 Å². The first-order valence-corrected chi connectivity index (χ1v) is 11.1. The van der Waals surface area contributed by atoms with Crippen molar-refractivity contribution in [3.05, 3.63) is 72.3 Å². The Balaban J connectivity index is 1.35. The predicted molar refractivity (Wildman–Crippen MR) is 123 cm³/mol. The summed E-state index contributed by atoms with van der Waals surface area (Å²) in [4.78, 5) is 17.3. The molecule has 5 heteroatoms. The Morgan fingerprint density at radius 2 is 1.33 bits per heavy atom. The minimum atomic E-state index is 0.873. The molecule has 0 amide bonds. The van der Waals surface area contributed by atoms with Gasteiger partial charge in [0.15, 0.2) is 0 Å². The van der Waals surface area contributed by atoms with E-state index in [-0.39, 0.29) is 0 Å². The molecule has 0 bridgehead atoms. The Hall–Kier alpha value is -2.92. The Bertz CT molecular complexity index is 946. The molecule has 154 valence electrons. The fourth-order valence-electron chi connectivity index (χ4n) is 4.38. The van der Waals surface area contributed by atoms with E-state index in [0.717, 1.165) is 68.8 Å². The van der Waals surface area contributed by atoms with Crippen molar-refractivity contribution in [1.29, 1.82) is 0 Å². The first-order valence-electron chi connectivity index (χ1n) is 11.1. The molecule has 2 aromatic carbocycles. The number of benzene rings is 2. The molecule has 0 spiro atoms. The minimum absolute atomic E-state index is 0.873. The predicted octanol–water partition coefficient (Wildman–Crippen LogP) is 4.07. The second-order valence-electron chi connectivity index (χ2n) is 8.22. The summed E-state index contributed by atoms with van der Waals surface area (Å²) in [5.41, 5.74) is 3.56. The summed E-state index contributed by atoms with van der Waals surface area (Å²) < 4.78 is 0. The summed E-state index contributed by atoms with van der Waals surface area (Å²) in [6.07, 6.45) is 2.50. The molecule has 3 heterocycles. The van der Waals surface area contributed by atoms with Crippen LogP contribution in [0.4, 0.5) is 11.8 Å². The summed E-state index contributed by atoms with van der Waals surface area (Å²) in [5, 5.41) is 0. The van der Waals surface area contributed by atoms with Crippen LogP contribution in [0, 0.1) is 0 Å². The molecule has 0 atom stereocenters. The second-order valence-corrected chi connectivity index (χ2v) is 8.22. The van der Waals surface area contributed by atoms with E-state index < -0.39 is 0 Å². The molecule has 2 aliphatic heterocycles. The number of anilines is 2. The minimum Gasteiger partial charge on any atom is -0.356 e. The molecule has 0 N–H and O–H groups in total. The van der Waals surface area contributed by atoms with E-state index in [4.69, 9.17) is 9.97 Å². The number of hydrogen-bond acceptors (Lipinski definition) is 5. The fraction of sp³-hybridized carbons (Fsp3) is 0.360. The zero-order chi connectivity index (χ0) is 20.2. The standard InChI is InChI=1S/C25H29N5/c1-3-9-21(10-4-1)20-28-15-17-30(18-16-28)25-26-23(22-11-5-2-6-12-22)19-24(27-25)29-13-7-8-14-29/h1-6,9-12,19H,7-8,13-18,20H2. The highest BCUT2D eigenvalue weighted by molar-refractivity contribution is 5.65. The maximum absolute atomic E-state index is 5.00. The molecular weight excluding hydrogens is 370 g/mol. The van der Waals surface area contributed by atoms with Gasteiger partial charge in [-0.05, 0) is 18.4 Å². The van der Waals surface area contributed by atoms with Gasteiger partial charge >= 0.3 is 0 Å². The van der Waals surface area contributed by atoms with E-state index in [1.165, 1.54) is 18.4 Å². The summed E-state index contributed by atoms with van der Waals surface area (Å²) >= 11 is 0. The van der Waals surface area contributed by atoms with Crippen molar-refractivity contribution in [3.63, 3.8) is 0 Å². The number of rotatable bonds is 5. The maximum Gasteiger partial charge on any atom is 0.227 e. The zero-order valence-corrected chi connectivity index (χ0v) is 17.5. The molecule has 2 aliphatic rings. The molecule has 1 aromatic heterocycles. The Labute approximate surface area is 179 Å². The summed E-state index contributed by atoms with van der Waals surface area (Å²) in [6.45, 7) is 7.19. The number of piperazine rings is 1. The number of hydrogen-bond donors (Lipinski definition) is 0. The average molecular weight is 400 g/mol. The third-order valence-corrected chi connectivity index (χ3v) is 6.10. The third-order valence-electron chi connectivity index (χ3n) is 6.10. The van der Waals surface area contributed by atoms with Crippen LogP contribution in [0.3, 0.4) is 0 Å². The largest absolute Gasteiger partial charge is 0.356 e. The highest BCUT2D eigenvalue weighted by Gasteiger charge is 2.22. The Morgan fingerprint density at radius 1 is 0.667 bits per heavy atom. The Kier molecular flexibility index (Phi) is 5.62. The Morgan fingerprint density at radius 3 is 2.03 bits per heavy atom. The quantitative estimate of drug-likeness (QED) is 0.646. The lowest BCUT2D eigenvalue weighted by atomic mass is 10.1. The van der Waals surface area contributed by atoms with Gasteiger partial charge in [-0.1, -0.05) is 60.7 Å². The van der Waals surface area contributed by atoms with E-state index in [9.17, 15) is 0 Å². The van der Waals surface area contributed by atoms with Gasteiger partial charge in [0.25, 0.3) is 0 Å². The van der Waals surface area contributed by atoms with Crippen LogP contribution >= 0.6 is 0 Å².